The summed E-state index contributed by atoms with van der Waals surface area (Å²) >= 11 is 0. The van der Waals surface area contributed by atoms with Gasteiger partial charge in [-0.25, -0.2) is 0 Å². The molecule has 20 heavy (non-hydrogen) atoms. The fourth-order valence-corrected chi connectivity index (χ4v) is 1.58. The average Bonchev–Trinajstić information content (AvgIpc) is 2.36. The first-order valence-corrected chi connectivity index (χ1v) is 6.30. The normalized spacial score (nSPS) is 10.6. The van der Waals surface area contributed by atoms with Crippen LogP contribution >= 0.6 is 0 Å². The summed E-state index contributed by atoms with van der Waals surface area (Å²) in [5, 5.41) is 11.4. The maximum atomic E-state index is 11.9. The Balaban J connectivity index is 2.82. The lowest BCUT2D eigenvalue weighted by atomic mass is 10.1. The molecule has 0 saturated heterocycles. The summed E-state index contributed by atoms with van der Waals surface area (Å²) in [6.45, 7) is 5.73. The van der Waals surface area contributed by atoms with Gasteiger partial charge >= 0.3 is 0 Å². The van der Waals surface area contributed by atoms with Crippen molar-refractivity contribution >= 4 is 17.5 Å². The number of benzene rings is 1. The van der Waals surface area contributed by atoms with Crippen molar-refractivity contribution in [3.05, 3.63) is 29.8 Å². The third kappa shape index (κ3) is 4.39. The Labute approximate surface area is 119 Å². The molecule has 0 fully saturated rings. The Bertz CT molecular complexity index is 536. The van der Waals surface area contributed by atoms with Gasteiger partial charge in [-0.3, -0.25) is 9.59 Å². The smallest absolute Gasteiger partial charge is 0.251 e. The van der Waals surface area contributed by atoms with Crippen molar-refractivity contribution in [1.82, 2.24) is 5.32 Å². The van der Waals surface area contributed by atoms with E-state index in [1.54, 1.807) is 31.3 Å². The molecule has 2 amide bonds. The monoisotopic (exact) mass is 273 g/mol. The van der Waals surface area contributed by atoms with E-state index in [0.29, 0.717) is 11.3 Å². The van der Waals surface area contributed by atoms with Crippen molar-refractivity contribution in [2.75, 3.05) is 11.9 Å². The second-order valence-electron chi connectivity index (χ2n) is 5.54. The van der Waals surface area contributed by atoms with Crippen LogP contribution in [0.25, 0.3) is 0 Å². The minimum atomic E-state index is -0.296. The van der Waals surface area contributed by atoms with Crippen LogP contribution in [0, 0.1) is 11.3 Å². The standard InChI is InChI=1S/C15H19N3O2/c1-15(2,3)17-14(20)11-5-7-12(8-6-11)18(4)13(19)9-10-16/h5-8H,9H2,1-4H3,(H,17,20). The van der Waals surface area contributed by atoms with E-state index in [2.05, 4.69) is 5.32 Å². The van der Waals surface area contributed by atoms with Gasteiger partial charge in [0.15, 0.2) is 0 Å². The molecular formula is C15H19N3O2. The Morgan fingerprint density at radius 1 is 1.25 bits per heavy atom. The molecule has 0 aromatic heterocycles. The Kier molecular flexibility index (Phi) is 4.87. The second kappa shape index (κ2) is 6.20. The maximum absolute atomic E-state index is 11.9. The van der Waals surface area contributed by atoms with Crippen molar-refractivity contribution in [2.24, 2.45) is 0 Å². The van der Waals surface area contributed by atoms with Crippen molar-refractivity contribution < 1.29 is 9.59 Å². The van der Waals surface area contributed by atoms with Crippen LogP contribution in [0.15, 0.2) is 24.3 Å². The van der Waals surface area contributed by atoms with Gasteiger partial charge in [0.25, 0.3) is 5.91 Å². The highest BCUT2D eigenvalue weighted by Gasteiger charge is 2.16. The first-order chi connectivity index (χ1) is 9.24. The Morgan fingerprint density at radius 2 is 1.80 bits per heavy atom. The zero-order chi connectivity index (χ0) is 15.3. The number of carbonyl (C=O) groups excluding carboxylic acids is 2. The topological polar surface area (TPSA) is 73.2 Å². The molecule has 0 bridgehead atoms. The van der Waals surface area contributed by atoms with Crippen LogP contribution in [0.2, 0.25) is 0 Å². The van der Waals surface area contributed by atoms with Gasteiger partial charge in [0.1, 0.15) is 6.42 Å². The fourth-order valence-electron chi connectivity index (χ4n) is 1.58. The van der Waals surface area contributed by atoms with Crippen LogP contribution in [0.5, 0.6) is 0 Å². The molecule has 0 heterocycles. The molecule has 5 heteroatoms. The summed E-state index contributed by atoms with van der Waals surface area (Å²) in [6, 6.07) is 8.51. The molecule has 0 saturated carbocycles. The van der Waals surface area contributed by atoms with E-state index in [4.69, 9.17) is 5.26 Å². The summed E-state index contributed by atoms with van der Waals surface area (Å²) < 4.78 is 0. The van der Waals surface area contributed by atoms with Crippen LogP contribution < -0.4 is 10.2 Å². The van der Waals surface area contributed by atoms with E-state index in [1.807, 2.05) is 26.8 Å². The summed E-state index contributed by atoms with van der Waals surface area (Å²) in [6.07, 6.45) is -0.164. The van der Waals surface area contributed by atoms with Gasteiger partial charge in [-0.1, -0.05) is 0 Å². The first-order valence-electron chi connectivity index (χ1n) is 6.30. The summed E-state index contributed by atoms with van der Waals surface area (Å²) in [4.78, 5) is 24.9. The highest BCUT2D eigenvalue weighted by molar-refractivity contribution is 5.97. The van der Waals surface area contributed by atoms with Crippen LogP contribution in [0.1, 0.15) is 37.6 Å². The van der Waals surface area contributed by atoms with Gasteiger partial charge in [-0.2, -0.15) is 5.26 Å². The molecule has 0 unspecified atom stereocenters. The first kappa shape index (κ1) is 15.7. The van der Waals surface area contributed by atoms with Gasteiger partial charge in [-0.15, -0.1) is 0 Å². The quantitative estimate of drug-likeness (QED) is 0.916. The van der Waals surface area contributed by atoms with Gasteiger partial charge in [0, 0.05) is 23.8 Å². The molecule has 5 nitrogen and oxygen atoms in total. The number of hydrogen-bond donors (Lipinski definition) is 1. The van der Waals surface area contributed by atoms with E-state index >= 15 is 0 Å². The van der Waals surface area contributed by atoms with E-state index < -0.39 is 0 Å². The maximum Gasteiger partial charge on any atom is 0.251 e. The third-order valence-corrected chi connectivity index (χ3v) is 2.61. The number of nitrogens with zero attached hydrogens (tertiary/aromatic N) is 2. The Hall–Kier alpha value is -2.35. The van der Waals surface area contributed by atoms with Gasteiger partial charge in [0.05, 0.1) is 6.07 Å². The van der Waals surface area contributed by atoms with Crippen molar-refractivity contribution in [1.29, 1.82) is 5.26 Å². The predicted molar refractivity (Wildman–Crippen MR) is 77.3 cm³/mol. The third-order valence-electron chi connectivity index (χ3n) is 2.61. The molecule has 106 valence electrons. The average molecular weight is 273 g/mol. The molecule has 1 rings (SSSR count). The lowest BCUT2D eigenvalue weighted by molar-refractivity contribution is -0.117. The zero-order valence-corrected chi connectivity index (χ0v) is 12.2. The molecular weight excluding hydrogens is 254 g/mol. The summed E-state index contributed by atoms with van der Waals surface area (Å²) in [5.41, 5.74) is 0.886. The summed E-state index contributed by atoms with van der Waals surface area (Å²) in [7, 11) is 1.60. The lowest BCUT2D eigenvalue weighted by Crippen LogP contribution is -2.40. The van der Waals surface area contributed by atoms with Crippen molar-refractivity contribution in [2.45, 2.75) is 32.7 Å². The number of nitriles is 1. The number of amides is 2. The Morgan fingerprint density at radius 3 is 2.25 bits per heavy atom. The van der Waals surface area contributed by atoms with Crippen LogP contribution in [0.4, 0.5) is 5.69 Å². The van der Waals surface area contributed by atoms with Gasteiger partial charge in [0.2, 0.25) is 5.91 Å². The van der Waals surface area contributed by atoms with Gasteiger partial charge < -0.3 is 10.2 Å². The molecule has 0 aliphatic rings. The molecule has 0 aliphatic heterocycles. The number of hydrogen-bond acceptors (Lipinski definition) is 3. The SMILES string of the molecule is CN(C(=O)CC#N)c1ccc(C(=O)NC(C)(C)C)cc1. The van der Waals surface area contributed by atoms with E-state index in [1.165, 1.54) is 4.90 Å². The number of anilines is 1. The van der Waals surface area contributed by atoms with Crippen LogP contribution in [-0.2, 0) is 4.79 Å². The minimum absolute atomic E-state index is 0.157. The lowest BCUT2D eigenvalue weighted by Gasteiger charge is -2.21. The largest absolute Gasteiger partial charge is 0.347 e. The van der Waals surface area contributed by atoms with Crippen molar-refractivity contribution in [3.63, 3.8) is 0 Å². The highest BCUT2D eigenvalue weighted by Crippen LogP contribution is 2.15. The molecule has 0 spiro atoms. The van der Waals surface area contributed by atoms with Crippen molar-refractivity contribution in [3.8, 4) is 6.07 Å². The molecule has 0 atom stereocenters. The molecule has 1 aromatic rings. The molecule has 1 N–H and O–H groups in total. The van der Waals surface area contributed by atoms with Crippen LogP contribution in [-0.4, -0.2) is 24.4 Å². The highest BCUT2D eigenvalue weighted by atomic mass is 16.2. The molecule has 0 radical (unpaired) electrons. The molecule has 0 aliphatic carbocycles. The van der Waals surface area contributed by atoms with E-state index in [-0.39, 0.29) is 23.8 Å². The molecule has 1 aromatic carbocycles. The zero-order valence-electron chi connectivity index (χ0n) is 12.2. The predicted octanol–water partition coefficient (Wildman–Crippen LogP) is 2.09. The fraction of sp³-hybridized carbons (Fsp3) is 0.400. The number of carbonyl (C=O) groups is 2. The second-order valence-corrected chi connectivity index (χ2v) is 5.54. The van der Waals surface area contributed by atoms with Gasteiger partial charge in [-0.05, 0) is 45.0 Å². The number of nitrogens with one attached hydrogen (secondary N) is 1. The van der Waals surface area contributed by atoms with E-state index in [0.717, 1.165) is 0 Å². The minimum Gasteiger partial charge on any atom is -0.347 e. The van der Waals surface area contributed by atoms with E-state index in [9.17, 15) is 9.59 Å². The van der Waals surface area contributed by atoms with Crippen LogP contribution in [0.3, 0.4) is 0 Å². The summed E-state index contributed by atoms with van der Waals surface area (Å²) in [5.74, 6) is -0.436. The number of rotatable bonds is 3.